The molecule has 0 aliphatic carbocycles. The molecule has 6 heteroatoms. The van der Waals surface area contributed by atoms with E-state index in [0.29, 0.717) is 17.1 Å². The van der Waals surface area contributed by atoms with Gasteiger partial charge in [0.1, 0.15) is 0 Å². The number of methoxy groups -OCH3 is 2. The third-order valence-corrected chi connectivity index (χ3v) is 3.22. The molecule has 112 valence electrons. The van der Waals surface area contributed by atoms with E-state index in [9.17, 15) is 4.79 Å². The first-order chi connectivity index (χ1) is 10.1. The Morgan fingerprint density at radius 2 is 2.10 bits per heavy atom. The minimum atomic E-state index is -0.220. The summed E-state index contributed by atoms with van der Waals surface area (Å²) in [6.45, 7) is 1.90. The summed E-state index contributed by atoms with van der Waals surface area (Å²) in [7, 11) is 4.89. The van der Waals surface area contributed by atoms with Crippen LogP contribution in [0.5, 0.6) is 11.5 Å². The van der Waals surface area contributed by atoms with Crippen LogP contribution in [-0.4, -0.2) is 29.9 Å². The molecule has 1 amide bonds. The van der Waals surface area contributed by atoms with Gasteiger partial charge in [-0.1, -0.05) is 6.07 Å². The van der Waals surface area contributed by atoms with Gasteiger partial charge < -0.3 is 14.8 Å². The number of hydrogen-bond donors (Lipinski definition) is 1. The van der Waals surface area contributed by atoms with Crippen molar-refractivity contribution in [3.05, 3.63) is 41.7 Å². The van der Waals surface area contributed by atoms with Crippen LogP contribution in [0.15, 0.2) is 30.6 Å². The van der Waals surface area contributed by atoms with E-state index < -0.39 is 0 Å². The number of nitrogens with one attached hydrogen (secondary N) is 1. The zero-order valence-corrected chi connectivity index (χ0v) is 12.6. The van der Waals surface area contributed by atoms with E-state index in [1.54, 1.807) is 29.1 Å². The Morgan fingerprint density at radius 3 is 2.67 bits per heavy atom. The molecule has 1 atom stereocenters. The average molecular weight is 289 g/mol. The average Bonchev–Trinajstić information content (AvgIpc) is 2.92. The number of aromatic nitrogens is 2. The number of carbonyl (C=O) groups is 1. The molecule has 0 unspecified atom stereocenters. The van der Waals surface area contributed by atoms with Gasteiger partial charge >= 0.3 is 0 Å². The quantitative estimate of drug-likeness (QED) is 0.913. The first-order valence-corrected chi connectivity index (χ1v) is 6.57. The molecule has 2 aromatic rings. The highest BCUT2D eigenvalue weighted by molar-refractivity contribution is 5.98. The summed E-state index contributed by atoms with van der Waals surface area (Å²) in [6, 6.07) is 5.06. The van der Waals surface area contributed by atoms with E-state index in [4.69, 9.17) is 9.47 Å². The summed E-state index contributed by atoms with van der Waals surface area (Å²) in [5.41, 5.74) is 1.38. The van der Waals surface area contributed by atoms with Gasteiger partial charge in [-0.15, -0.1) is 0 Å². The number of carbonyl (C=O) groups excluding carboxylic acids is 1. The fourth-order valence-electron chi connectivity index (χ4n) is 2.09. The Kier molecular flexibility index (Phi) is 4.47. The largest absolute Gasteiger partial charge is 0.493 e. The van der Waals surface area contributed by atoms with Crippen LogP contribution in [0.2, 0.25) is 0 Å². The van der Waals surface area contributed by atoms with Gasteiger partial charge in [0.25, 0.3) is 5.91 Å². The van der Waals surface area contributed by atoms with Crippen molar-refractivity contribution >= 4 is 5.91 Å². The number of benzene rings is 1. The Balaban J connectivity index is 2.20. The van der Waals surface area contributed by atoms with Crippen LogP contribution in [0.1, 0.15) is 28.9 Å². The second-order valence-electron chi connectivity index (χ2n) is 4.68. The predicted molar refractivity (Wildman–Crippen MR) is 78.6 cm³/mol. The van der Waals surface area contributed by atoms with E-state index in [1.165, 1.54) is 14.2 Å². The maximum absolute atomic E-state index is 12.4. The number of aryl methyl sites for hydroxylation is 1. The maximum Gasteiger partial charge on any atom is 0.255 e. The van der Waals surface area contributed by atoms with E-state index in [0.717, 1.165) is 5.56 Å². The first-order valence-electron chi connectivity index (χ1n) is 6.57. The minimum Gasteiger partial charge on any atom is -0.493 e. The van der Waals surface area contributed by atoms with Crippen molar-refractivity contribution in [2.24, 2.45) is 7.05 Å². The number of rotatable bonds is 5. The lowest BCUT2D eigenvalue weighted by Crippen LogP contribution is -2.26. The molecule has 0 radical (unpaired) electrons. The van der Waals surface area contributed by atoms with E-state index in [1.807, 2.05) is 20.2 Å². The third-order valence-electron chi connectivity index (χ3n) is 3.22. The fraction of sp³-hybridized carbons (Fsp3) is 0.333. The van der Waals surface area contributed by atoms with Gasteiger partial charge in [-0.25, -0.2) is 0 Å². The van der Waals surface area contributed by atoms with Crippen molar-refractivity contribution in [1.29, 1.82) is 0 Å². The van der Waals surface area contributed by atoms with Gasteiger partial charge in [-0.2, -0.15) is 5.10 Å². The summed E-state index contributed by atoms with van der Waals surface area (Å²) >= 11 is 0. The highest BCUT2D eigenvalue weighted by Crippen LogP contribution is 2.30. The molecule has 0 aliphatic rings. The third kappa shape index (κ3) is 3.16. The molecule has 0 bridgehead atoms. The molecule has 1 heterocycles. The normalized spacial score (nSPS) is 11.8. The summed E-state index contributed by atoms with van der Waals surface area (Å²) in [5, 5.41) is 7.02. The van der Waals surface area contributed by atoms with Crippen LogP contribution in [0.4, 0.5) is 0 Å². The van der Waals surface area contributed by atoms with Crippen LogP contribution >= 0.6 is 0 Å². The molecule has 1 aromatic heterocycles. The van der Waals surface area contributed by atoms with Crippen molar-refractivity contribution in [3.63, 3.8) is 0 Å². The second kappa shape index (κ2) is 6.30. The topological polar surface area (TPSA) is 65.4 Å². The molecule has 1 N–H and O–H groups in total. The number of para-hydroxylation sites is 1. The summed E-state index contributed by atoms with van der Waals surface area (Å²) in [5.74, 6) is 0.733. The van der Waals surface area contributed by atoms with Crippen LogP contribution in [0.3, 0.4) is 0 Å². The van der Waals surface area contributed by atoms with Crippen LogP contribution in [0.25, 0.3) is 0 Å². The van der Waals surface area contributed by atoms with Crippen LogP contribution in [0, 0.1) is 0 Å². The monoisotopic (exact) mass is 289 g/mol. The predicted octanol–water partition coefficient (Wildman–Crippen LogP) is 1.93. The molecule has 1 aromatic carbocycles. The second-order valence-corrected chi connectivity index (χ2v) is 4.68. The Hall–Kier alpha value is -2.50. The summed E-state index contributed by atoms with van der Waals surface area (Å²) < 4.78 is 12.2. The summed E-state index contributed by atoms with van der Waals surface area (Å²) in [6.07, 6.45) is 3.60. The molecular weight excluding hydrogens is 270 g/mol. The van der Waals surface area contributed by atoms with E-state index in [-0.39, 0.29) is 11.9 Å². The molecule has 2 rings (SSSR count). The van der Waals surface area contributed by atoms with E-state index in [2.05, 4.69) is 10.4 Å². The van der Waals surface area contributed by atoms with Gasteiger partial charge in [0.2, 0.25) is 0 Å². The standard InChI is InChI=1S/C15H19N3O3/c1-10(11-8-16-18(2)9-11)17-15(19)12-6-5-7-13(20-3)14(12)21-4/h5-10H,1-4H3,(H,17,19)/t10-/m1/s1. The van der Waals surface area contributed by atoms with Crippen molar-refractivity contribution in [2.75, 3.05) is 14.2 Å². The lowest BCUT2D eigenvalue weighted by Gasteiger charge is -2.15. The van der Waals surface area contributed by atoms with Crippen molar-refractivity contribution in [1.82, 2.24) is 15.1 Å². The number of ether oxygens (including phenoxy) is 2. The smallest absolute Gasteiger partial charge is 0.255 e. The van der Waals surface area contributed by atoms with E-state index >= 15 is 0 Å². The molecule has 6 nitrogen and oxygen atoms in total. The van der Waals surface area contributed by atoms with Gasteiger partial charge in [-0.05, 0) is 19.1 Å². The Morgan fingerprint density at radius 1 is 1.33 bits per heavy atom. The zero-order valence-electron chi connectivity index (χ0n) is 12.6. The van der Waals surface area contributed by atoms with Crippen LogP contribution in [-0.2, 0) is 7.05 Å². The van der Waals surface area contributed by atoms with Gasteiger partial charge in [-0.3, -0.25) is 9.48 Å². The van der Waals surface area contributed by atoms with Gasteiger partial charge in [0.05, 0.1) is 32.0 Å². The molecule has 0 fully saturated rings. The highest BCUT2D eigenvalue weighted by atomic mass is 16.5. The minimum absolute atomic E-state index is 0.151. The number of nitrogens with zero attached hydrogens (tertiary/aromatic N) is 2. The molecule has 0 spiro atoms. The van der Waals surface area contributed by atoms with Crippen molar-refractivity contribution in [2.45, 2.75) is 13.0 Å². The van der Waals surface area contributed by atoms with Gasteiger partial charge in [0, 0.05) is 18.8 Å². The summed E-state index contributed by atoms with van der Waals surface area (Å²) in [4.78, 5) is 12.4. The molecule has 0 aliphatic heterocycles. The van der Waals surface area contributed by atoms with Crippen molar-refractivity contribution < 1.29 is 14.3 Å². The molecular formula is C15H19N3O3. The van der Waals surface area contributed by atoms with Crippen molar-refractivity contribution in [3.8, 4) is 11.5 Å². The lowest BCUT2D eigenvalue weighted by atomic mass is 10.1. The molecule has 0 saturated heterocycles. The molecule has 21 heavy (non-hydrogen) atoms. The van der Waals surface area contributed by atoms with Gasteiger partial charge in [0.15, 0.2) is 11.5 Å². The maximum atomic E-state index is 12.4. The SMILES string of the molecule is COc1cccc(C(=O)N[C@H](C)c2cnn(C)c2)c1OC. The lowest BCUT2D eigenvalue weighted by molar-refractivity contribution is 0.0936. The zero-order chi connectivity index (χ0) is 15.4. The highest BCUT2D eigenvalue weighted by Gasteiger charge is 2.18. The first kappa shape index (κ1) is 14.9. The number of amides is 1. The molecule has 0 saturated carbocycles. The Labute approximate surface area is 123 Å². The van der Waals surface area contributed by atoms with Crippen LogP contribution < -0.4 is 14.8 Å². The Bertz CT molecular complexity index is 637. The number of hydrogen-bond acceptors (Lipinski definition) is 4. The fourth-order valence-corrected chi connectivity index (χ4v) is 2.09.